The van der Waals surface area contributed by atoms with Gasteiger partial charge in [-0.2, -0.15) is 0 Å². The summed E-state index contributed by atoms with van der Waals surface area (Å²) in [6.45, 7) is 6.20. The summed E-state index contributed by atoms with van der Waals surface area (Å²) in [5, 5.41) is 6.38. The molecule has 0 saturated heterocycles. The Morgan fingerprint density at radius 2 is 2.25 bits per heavy atom. The van der Waals surface area contributed by atoms with Crippen molar-refractivity contribution >= 4 is 5.96 Å². The molecule has 1 heterocycles. The number of hydrogen-bond acceptors (Lipinski definition) is 4. The van der Waals surface area contributed by atoms with Gasteiger partial charge in [-0.3, -0.25) is 4.99 Å². The van der Waals surface area contributed by atoms with Gasteiger partial charge in [-0.1, -0.05) is 0 Å². The van der Waals surface area contributed by atoms with Crippen LogP contribution >= 0.6 is 0 Å². The number of guanidine groups is 1. The number of hydrogen-bond donors (Lipinski definition) is 2. The zero-order valence-corrected chi connectivity index (χ0v) is 12.4. The highest BCUT2D eigenvalue weighted by Gasteiger charge is 1.97. The maximum absolute atomic E-state index is 5.49. The maximum Gasteiger partial charge on any atom is 0.191 e. The summed E-state index contributed by atoms with van der Waals surface area (Å²) in [6.07, 6.45) is 2.53. The molecule has 0 atom stereocenters. The number of nitrogens with one attached hydrogen (secondary N) is 2. The van der Waals surface area contributed by atoms with Crippen LogP contribution in [0, 0.1) is 0 Å². The molecule has 2 N–H and O–H groups in total. The van der Waals surface area contributed by atoms with Gasteiger partial charge in [0, 0.05) is 33.4 Å². The molecule has 0 aliphatic rings. The fourth-order valence-electron chi connectivity index (χ4n) is 1.54. The summed E-state index contributed by atoms with van der Waals surface area (Å²) in [5.74, 6) is 1.67. The van der Waals surface area contributed by atoms with E-state index in [1.165, 1.54) is 0 Å². The first kappa shape index (κ1) is 16.5. The summed E-state index contributed by atoms with van der Waals surface area (Å²) in [5.41, 5.74) is 0. The van der Waals surface area contributed by atoms with Gasteiger partial charge >= 0.3 is 0 Å². The van der Waals surface area contributed by atoms with E-state index >= 15 is 0 Å². The monoisotopic (exact) mass is 283 g/mol. The van der Waals surface area contributed by atoms with E-state index in [0.29, 0.717) is 19.8 Å². The van der Waals surface area contributed by atoms with Crippen molar-refractivity contribution in [2.75, 3.05) is 40.0 Å². The van der Waals surface area contributed by atoms with Crippen molar-refractivity contribution in [3.63, 3.8) is 0 Å². The van der Waals surface area contributed by atoms with E-state index in [2.05, 4.69) is 15.6 Å². The van der Waals surface area contributed by atoms with Gasteiger partial charge in [0.15, 0.2) is 5.96 Å². The molecule has 0 radical (unpaired) electrons. The van der Waals surface area contributed by atoms with Crippen LogP contribution in [0.4, 0.5) is 0 Å². The van der Waals surface area contributed by atoms with Crippen LogP contribution < -0.4 is 10.6 Å². The van der Waals surface area contributed by atoms with Gasteiger partial charge < -0.3 is 24.5 Å². The van der Waals surface area contributed by atoms with Gasteiger partial charge in [-0.25, -0.2) is 0 Å². The van der Waals surface area contributed by atoms with Gasteiger partial charge in [0.1, 0.15) is 12.4 Å². The van der Waals surface area contributed by atoms with Crippen LogP contribution in [-0.4, -0.2) is 45.9 Å². The number of furan rings is 1. The van der Waals surface area contributed by atoms with E-state index in [0.717, 1.165) is 37.8 Å². The minimum absolute atomic E-state index is 0.517. The minimum Gasteiger partial charge on any atom is -0.467 e. The molecular formula is C14H25N3O3. The Kier molecular flexibility index (Phi) is 9.34. The van der Waals surface area contributed by atoms with Crippen LogP contribution in [0.15, 0.2) is 27.8 Å². The summed E-state index contributed by atoms with van der Waals surface area (Å²) >= 11 is 0. The van der Waals surface area contributed by atoms with E-state index < -0.39 is 0 Å². The van der Waals surface area contributed by atoms with Gasteiger partial charge in [0.2, 0.25) is 0 Å². The van der Waals surface area contributed by atoms with Gasteiger partial charge in [-0.15, -0.1) is 0 Å². The Hall–Kier alpha value is -1.53. The van der Waals surface area contributed by atoms with Crippen LogP contribution in [0.5, 0.6) is 0 Å². The van der Waals surface area contributed by atoms with Crippen LogP contribution in [0.1, 0.15) is 19.1 Å². The first-order valence-electron chi connectivity index (χ1n) is 6.98. The molecule has 0 saturated carbocycles. The second-order valence-electron chi connectivity index (χ2n) is 4.17. The zero-order chi connectivity index (χ0) is 14.5. The van der Waals surface area contributed by atoms with E-state index in [4.69, 9.17) is 13.9 Å². The number of ether oxygens (including phenoxy) is 2. The standard InChI is InChI=1S/C14H25N3O3/c1-3-15-14(17-8-11-18-2)16-7-5-9-19-12-13-6-4-10-20-13/h4,6,10H,3,5,7-9,11-12H2,1-2H3,(H2,15,16,17). The number of nitrogens with zero attached hydrogens (tertiary/aromatic N) is 1. The molecule has 1 rings (SSSR count). The quantitative estimate of drug-likeness (QED) is 0.386. The van der Waals surface area contributed by atoms with Gasteiger partial charge in [-0.05, 0) is 25.5 Å². The Morgan fingerprint density at radius 1 is 1.35 bits per heavy atom. The smallest absolute Gasteiger partial charge is 0.191 e. The van der Waals surface area contributed by atoms with E-state index in [1.54, 1.807) is 13.4 Å². The lowest BCUT2D eigenvalue weighted by molar-refractivity contribution is 0.105. The predicted octanol–water partition coefficient (Wildman–Crippen LogP) is 1.39. The topological polar surface area (TPSA) is 68.0 Å². The third-order valence-corrected chi connectivity index (χ3v) is 2.48. The highest BCUT2D eigenvalue weighted by atomic mass is 16.5. The molecule has 0 spiro atoms. The molecule has 0 aliphatic heterocycles. The summed E-state index contributed by atoms with van der Waals surface area (Å²) < 4.78 is 15.7. The molecule has 0 amide bonds. The van der Waals surface area contributed by atoms with Crippen LogP contribution in [-0.2, 0) is 16.1 Å². The van der Waals surface area contributed by atoms with Crippen molar-refractivity contribution in [3.05, 3.63) is 24.2 Å². The second kappa shape index (κ2) is 11.3. The molecule has 20 heavy (non-hydrogen) atoms. The lowest BCUT2D eigenvalue weighted by atomic mass is 10.4. The van der Waals surface area contributed by atoms with Crippen molar-refractivity contribution in [1.29, 1.82) is 0 Å². The zero-order valence-electron chi connectivity index (χ0n) is 12.4. The Bertz CT molecular complexity index is 353. The Balaban J connectivity index is 2.09. The molecular weight excluding hydrogens is 258 g/mol. The van der Waals surface area contributed by atoms with E-state index in [1.807, 2.05) is 19.1 Å². The molecule has 114 valence electrons. The fourth-order valence-corrected chi connectivity index (χ4v) is 1.54. The van der Waals surface area contributed by atoms with Crippen molar-refractivity contribution in [3.8, 4) is 0 Å². The van der Waals surface area contributed by atoms with E-state index in [-0.39, 0.29) is 0 Å². The van der Waals surface area contributed by atoms with Crippen LogP contribution in [0.2, 0.25) is 0 Å². The normalized spacial score (nSPS) is 11.6. The molecule has 0 aromatic carbocycles. The van der Waals surface area contributed by atoms with Crippen molar-refractivity contribution in [2.24, 2.45) is 4.99 Å². The summed E-state index contributed by atoms with van der Waals surface area (Å²) in [6, 6.07) is 3.76. The van der Waals surface area contributed by atoms with Crippen LogP contribution in [0.3, 0.4) is 0 Å². The molecule has 1 aromatic heterocycles. The number of methoxy groups -OCH3 is 1. The lowest BCUT2D eigenvalue weighted by Crippen LogP contribution is -2.39. The van der Waals surface area contributed by atoms with Crippen molar-refractivity contribution in [1.82, 2.24) is 10.6 Å². The Morgan fingerprint density at radius 3 is 2.95 bits per heavy atom. The van der Waals surface area contributed by atoms with Crippen molar-refractivity contribution in [2.45, 2.75) is 20.0 Å². The average Bonchev–Trinajstić information content (AvgIpc) is 2.96. The highest BCUT2D eigenvalue weighted by Crippen LogP contribution is 2.01. The third-order valence-electron chi connectivity index (χ3n) is 2.48. The fraction of sp³-hybridized carbons (Fsp3) is 0.643. The van der Waals surface area contributed by atoms with Crippen LogP contribution in [0.25, 0.3) is 0 Å². The molecule has 0 bridgehead atoms. The largest absolute Gasteiger partial charge is 0.467 e. The second-order valence-corrected chi connectivity index (χ2v) is 4.17. The first-order chi connectivity index (χ1) is 9.86. The Labute approximate surface area is 120 Å². The number of rotatable bonds is 10. The molecule has 0 fully saturated rings. The predicted molar refractivity (Wildman–Crippen MR) is 78.8 cm³/mol. The van der Waals surface area contributed by atoms with Crippen molar-refractivity contribution < 1.29 is 13.9 Å². The van der Waals surface area contributed by atoms with E-state index in [9.17, 15) is 0 Å². The molecule has 1 aromatic rings. The summed E-state index contributed by atoms with van der Waals surface area (Å²) in [7, 11) is 1.68. The molecule has 0 aliphatic carbocycles. The summed E-state index contributed by atoms with van der Waals surface area (Å²) in [4.78, 5) is 4.46. The SMILES string of the molecule is CCNC(=NCCCOCc1ccco1)NCCOC. The van der Waals surface area contributed by atoms with Gasteiger partial charge in [0.25, 0.3) is 0 Å². The first-order valence-corrected chi connectivity index (χ1v) is 6.98. The third kappa shape index (κ3) is 7.81. The number of aliphatic imine (C=N–C) groups is 1. The molecule has 6 nitrogen and oxygen atoms in total. The van der Waals surface area contributed by atoms with Gasteiger partial charge in [0.05, 0.1) is 12.9 Å². The lowest BCUT2D eigenvalue weighted by Gasteiger charge is -2.10. The highest BCUT2D eigenvalue weighted by molar-refractivity contribution is 5.79. The molecule has 6 heteroatoms. The molecule has 0 unspecified atom stereocenters. The average molecular weight is 283 g/mol. The maximum atomic E-state index is 5.49. The minimum atomic E-state index is 0.517.